The Morgan fingerprint density at radius 2 is 1.73 bits per heavy atom. The molecule has 0 atom stereocenters. The fraction of sp³-hybridized carbons (Fsp3) is 1.00. The van der Waals surface area contributed by atoms with E-state index in [9.17, 15) is 9.81 Å². The monoisotopic (exact) mass is 160 g/mol. The summed E-state index contributed by atoms with van der Waals surface area (Å²) >= 11 is 0. The van der Waals surface area contributed by atoms with E-state index < -0.39 is 5.41 Å². The normalized spacial score (nSPS) is 11.1. The highest BCUT2D eigenvalue weighted by atomic mass is 16.3. The summed E-state index contributed by atoms with van der Waals surface area (Å²) in [4.78, 5) is 19.8. The van der Waals surface area contributed by atoms with Crippen molar-refractivity contribution in [3.8, 4) is 0 Å². The lowest BCUT2D eigenvalue weighted by Gasteiger charge is -2.23. The van der Waals surface area contributed by atoms with Crippen molar-refractivity contribution in [1.82, 2.24) is 0 Å². The SMILES string of the molecule is CCC(CO)(CN=O)CN=O. The minimum Gasteiger partial charge on any atom is -0.396 e. The summed E-state index contributed by atoms with van der Waals surface area (Å²) < 4.78 is 0. The highest BCUT2D eigenvalue weighted by Crippen LogP contribution is 2.21. The van der Waals surface area contributed by atoms with E-state index in [-0.39, 0.29) is 19.7 Å². The first-order valence-corrected chi connectivity index (χ1v) is 3.44. The molecule has 0 aromatic rings. The molecular formula is C6H12N2O3. The largest absolute Gasteiger partial charge is 0.396 e. The predicted octanol–water partition coefficient (Wildman–Crippen LogP) is 0.908. The van der Waals surface area contributed by atoms with E-state index in [1.807, 2.05) is 0 Å². The summed E-state index contributed by atoms with van der Waals surface area (Å²) in [6.07, 6.45) is 0.529. The van der Waals surface area contributed by atoms with Crippen LogP contribution in [-0.2, 0) is 0 Å². The highest BCUT2D eigenvalue weighted by Gasteiger charge is 2.28. The molecule has 0 saturated heterocycles. The van der Waals surface area contributed by atoms with Gasteiger partial charge in [0.1, 0.15) is 0 Å². The molecule has 64 valence electrons. The Hall–Kier alpha value is -0.840. The minimum absolute atomic E-state index is 0.0499. The van der Waals surface area contributed by atoms with Crippen molar-refractivity contribution < 1.29 is 5.11 Å². The molecule has 11 heavy (non-hydrogen) atoms. The van der Waals surface area contributed by atoms with Crippen molar-refractivity contribution >= 4 is 0 Å². The molecule has 0 spiro atoms. The molecule has 5 nitrogen and oxygen atoms in total. The lowest BCUT2D eigenvalue weighted by molar-refractivity contribution is 0.135. The average Bonchev–Trinajstić information content (AvgIpc) is 2.04. The van der Waals surface area contributed by atoms with E-state index in [2.05, 4.69) is 10.4 Å². The molecule has 0 radical (unpaired) electrons. The second-order valence-corrected chi connectivity index (χ2v) is 2.59. The third-order valence-corrected chi connectivity index (χ3v) is 1.89. The van der Waals surface area contributed by atoms with Crippen LogP contribution in [0.2, 0.25) is 0 Å². The van der Waals surface area contributed by atoms with Crippen molar-refractivity contribution in [1.29, 1.82) is 0 Å². The third kappa shape index (κ3) is 2.71. The van der Waals surface area contributed by atoms with Crippen LogP contribution in [0.15, 0.2) is 10.4 Å². The molecule has 0 aliphatic carbocycles. The Labute approximate surface area is 64.7 Å². The van der Waals surface area contributed by atoms with Crippen LogP contribution < -0.4 is 0 Å². The van der Waals surface area contributed by atoms with Gasteiger partial charge in [0.2, 0.25) is 0 Å². The highest BCUT2D eigenvalue weighted by molar-refractivity contribution is 4.81. The van der Waals surface area contributed by atoms with Gasteiger partial charge in [-0.2, -0.15) is 9.81 Å². The van der Waals surface area contributed by atoms with Crippen LogP contribution in [0.5, 0.6) is 0 Å². The zero-order valence-corrected chi connectivity index (χ0v) is 6.49. The Kier molecular flexibility index (Phi) is 4.52. The summed E-state index contributed by atoms with van der Waals surface area (Å²) in [6.45, 7) is 1.46. The fourth-order valence-corrected chi connectivity index (χ4v) is 0.759. The van der Waals surface area contributed by atoms with E-state index in [4.69, 9.17) is 5.11 Å². The molecule has 0 aromatic heterocycles. The van der Waals surface area contributed by atoms with Crippen LogP contribution in [0.25, 0.3) is 0 Å². The summed E-state index contributed by atoms with van der Waals surface area (Å²) in [6, 6.07) is 0. The maximum absolute atomic E-state index is 9.91. The Morgan fingerprint density at radius 3 is 1.91 bits per heavy atom. The average molecular weight is 160 g/mol. The first kappa shape index (κ1) is 10.2. The number of hydrogen-bond acceptors (Lipinski definition) is 5. The molecule has 0 aliphatic heterocycles. The van der Waals surface area contributed by atoms with Crippen molar-refractivity contribution in [2.24, 2.45) is 15.8 Å². The fourth-order valence-electron chi connectivity index (χ4n) is 0.759. The van der Waals surface area contributed by atoms with E-state index in [0.29, 0.717) is 6.42 Å². The van der Waals surface area contributed by atoms with Crippen LogP contribution in [0.4, 0.5) is 0 Å². The van der Waals surface area contributed by atoms with Gasteiger partial charge >= 0.3 is 0 Å². The molecule has 0 heterocycles. The number of aliphatic hydroxyl groups excluding tert-OH is 1. The van der Waals surface area contributed by atoms with Crippen LogP contribution in [0, 0.1) is 15.2 Å². The maximum atomic E-state index is 9.91. The standard InChI is InChI=1S/C6H12N2O3/c1-2-6(5-9,3-7-10)4-8-11/h9H,2-5H2,1H3. The summed E-state index contributed by atoms with van der Waals surface area (Å²) in [5, 5.41) is 14.2. The smallest absolute Gasteiger partial charge is 0.0908 e. The Balaban J connectivity index is 4.17. The Bertz CT molecular complexity index is 122. The summed E-state index contributed by atoms with van der Waals surface area (Å²) in [5.74, 6) is 0. The second kappa shape index (κ2) is 4.90. The lowest BCUT2D eigenvalue weighted by Crippen LogP contribution is -2.31. The molecule has 0 bridgehead atoms. The van der Waals surface area contributed by atoms with Crippen LogP contribution >= 0.6 is 0 Å². The number of nitrogens with zero attached hydrogens (tertiary/aromatic N) is 2. The van der Waals surface area contributed by atoms with Gasteiger partial charge in [0.25, 0.3) is 0 Å². The van der Waals surface area contributed by atoms with E-state index in [0.717, 1.165) is 0 Å². The first-order chi connectivity index (χ1) is 5.24. The van der Waals surface area contributed by atoms with E-state index in [1.54, 1.807) is 6.92 Å². The number of rotatable bonds is 6. The van der Waals surface area contributed by atoms with Crippen molar-refractivity contribution in [3.63, 3.8) is 0 Å². The van der Waals surface area contributed by atoms with Crippen LogP contribution in [0.3, 0.4) is 0 Å². The molecule has 5 heteroatoms. The van der Waals surface area contributed by atoms with Gasteiger partial charge in [-0.1, -0.05) is 17.3 Å². The number of hydrogen-bond donors (Lipinski definition) is 1. The molecule has 1 N–H and O–H groups in total. The van der Waals surface area contributed by atoms with E-state index in [1.165, 1.54) is 0 Å². The van der Waals surface area contributed by atoms with Gasteiger partial charge in [-0.05, 0) is 6.42 Å². The topological polar surface area (TPSA) is 79.1 Å². The molecule has 0 aliphatic rings. The predicted molar refractivity (Wildman–Crippen MR) is 41.1 cm³/mol. The van der Waals surface area contributed by atoms with Gasteiger partial charge in [0.15, 0.2) is 0 Å². The lowest BCUT2D eigenvalue weighted by atomic mass is 9.86. The van der Waals surface area contributed by atoms with Gasteiger partial charge in [-0.15, -0.1) is 0 Å². The summed E-state index contributed by atoms with van der Waals surface area (Å²) in [5.41, 5.74) is -0.719. The number of aliphatic hydroxyl groups is 1. The molecule has 0 rings (SSSR count). The van der Waals surface area contributed by atoms with Gasteiger partial charge in [0, 0.05) is 5.41 Å². The first-order valence-electron chi connectivity index (χ1n) is 3.44. The van der Waals surface area contributed by atoms with Crippen LogP contribution in [-0.4, -0.2) is 24.8 Å². The van der Waals surface area contributed by atoms with Gasteiger partial charge in [0.05, 0.1) is 19.7 Å². The molecule has 0 saturated carbocycles. The van der Waals surface area contributed by atoms with Gasteiger partial charge in [-0.25, -0.2) is 0 Å². The zero-order valence-electron chi connectivity index (χ0n) is 6.49. The van der Waals surface area contributed by atoms with Crippen molar-refractivity contribution in [2.45, 2.75) is 13.3 Å². The zero-order chi connectivity index (χ0) is 8.74. The minimum atomic E-state index is -0.719. The molecule has 0 unspecified atom stereocenters. The second-order valence-electron chi connectivity index (χ2n) is 2.59. The third-order valence-electron chi connectivity index (χ3n) is 1.89. The number of nitroso groups, excluding NO2 is 2. The quantitative estimate of drug-likeness (QED) is 0.586. The van der Waals surface area contributed by atoms with Gasteiger partial charge < -0.3 is 5.11 Å². The molecule has 0 aromatic carbocycles. The van der Waals surface area contributed by atoms with Gasteiger partial charge in [-0.3, -0.25) is 0 Å². The van der Waals surface area contributed by atoms with Crippen LogP contribution in [0.1, 0.15) is 13.3 Å². The van der Waals surface area contributed by atoms with E-state index >= 15 is 0 Å². The maximum Gasteiger partial charge on any atom is 0.0908 e. The molecule has 0 fully saturated rings. The molecule has 0 amide bonds. The summed E-state index contributed by atoms with van der Waals surface area (Å²) in [7, 11) is 0. The van der Waals surface area contributed by atoms with Crippen molar-refractivity contribution in [3.05, 3.63) is 9.81 Å². The Morgan fingerprint density at radius 1 is 1.27 bits per heavy atom. The molecular weight excluding hydrogens is 148 g/mol. The van der Waals surface area contributed by atoms with Crippen molar-refractivity contribution in [2.75, 3.05) is 19.7 Å².